The average Bonchev–Trinajstić information content (AvgIpc) is 2.96. The van der Waals surface area contributed by atoms with Crippen LogP contribution in [-0.4, -0.2) is 43.7 Å². The van der Waals surface area contributed by atoms with Gasteiger partial charge in [-0.2, -0.15) is 0 Å². The molecule has 1 aromatic carbocycles. The molecule has 2 N–H and O–H groups in total. The molecule has 128 valence electrons. The van der Waals surface area contributed by atoms with Gasteiger partial charge in [0.1, 0.15) is 17.7 Å². The second-order valence-electron chi connectivity index (χ2n) is 5.31. The van der Waals surface area contributed by atoms with Crippen LogP contribution in [0.5, 0.6) is 0 Å². The quantitative estimate of drug-likeness (QED) is 0.693. The molecule has 9 heteroatoms. The molecule has 1 atom stereocenters. The highest BCUT2D eigenvalue weighted by molar-refractivity contribution is 5.80. The Hall–Kier alpha value is -2.84. The maximum atomic E-state index is 13.0. The first-order valence-corrected chi connectivity index (χ1v) is 7.46. The minimum absolute atomic E-state index is 0.0210. The molecule has 0 aliphatic heterocycles. The Bertz CT molecular complexity index is 701. The monoisotopic (exact) mass is 335 g/mol. The Balaban J connectivity index is 2.08. The zero-order valence-electron chi connectivity index (χ0n) is 13.1. The van der Waals surface area contributed by atoms with Crippen molar-refractivity contribution in [2.75, 3.05) is 6.54 Å². The number of carbonyl (C=O) groups is 2. The number of nitrogens with zero attached hydrogens (tertiary/aromatic N) is 4. The SMILES string of the molecule is Cc1nnnn1C(Cc1ccc(F)cc1)C(=O)NCCCC(=O)O. The number of carboxylic acids is 1. The van der Waals surface area contributed by atoms with E-state index < -0.39 is 12.0 Å². The molecule has 0 radical (unpaired) electrons. The number of halogens is 1. The Morgan fingerprint density at radius 3 is 2.62 bits per heavy atom. The van der Waals surface area contributed by atoms with E-state index in [1.165, 1.54) is 16.8 Å². The molecular weight excluding hydrogens is 317 g/mol. The van der Waals surface area contributed by atoms with Crippen molar-refractivity contribution in [1.82, 2.24) is 25.5 Å². The number of rotatable bonds is 8. The fraction of sp³-hybridized carbons (Fsp3) is 0.400. The summed E-state index contributed by atoms with van der Waals surface area (Å²) in [6, 6.07) is 5.14. The van der Waals surface area contributed by atoms with Crippen molar-refractivity contribution < 1.29 is 19.1 Å². The van der Waals surface area contributed by atoms with Gasteiger partial charge in [-0.25, -0.2) is 9.07 Å². The molecule has 0 saturated carbocycles. The van der Waals surface area contributed by atoms with E-state index in [1.54, 1.807) is 19.1 Å². The third-order valence-electron chi connectivity index (χ3n) is 3.46. The number of carboxylic acid groups (broad SMARTS) is 1. The van der Waals surface area contributed by atoms with Crippen LogP contribution in [0.1, 0.15) is 30.3 Å². The molecule has 0 bridgehead atoms. The summed E-state index contributed by atoms with van der Waals surface area (Å²) in [5.41, 5.74) is 0.761. The van der Waals surface area contributed by atoms with Gasteiger partial charge in [-0.05, 0) is 41.5 Å². The van der Waals surface area contributed by atoms with Gasteiger partial charge in [0.2, 0.25) is 5.91 Å². The van der Waals surface area contributed by atoms with Crippen LogP contribution in [-0.2, 0) is 16.0 Å². The van der Waals surface area contributed by atoms with Gasteiger partial charge >= 0.3 is 5.97 Å². The van der Waals surface area contributed by atoms with E-state index in [0.717, 1.165) is 5.56 Å². The van der Waals surface area contributed by atoms with E-state index in [-0.39, 0.29) is 31.1 Å². The van der Waals surface area contributed by atoms with Crippen LogP contribution in [0, 0.1) is 12.7 Å². The van der Waals surface area contributed by atoms with Gasteiger partial charge in [-0.15, -0.1) is 5.10 Å². The van der Waals surface area contributed by atoms with Gasteiger partial charge in [0.15, 0.2) is 0 Å². The van der Waals surface area contributed by atoms with Crippen molar-refractivity contribution in [3.05, 3.63) is 41.5 Å². The molecule has 2 rings (SSSR count). The molecule has 0 fully saturated rings. The molecule has 0 aliphatic rings. The van der Waals surface area contributed by atoms with Crippen molar-refractivity contribution in [2.24, 2.45) is 0 Å². The molecule has 2 aromatic rings. The van der Waals surface area contributed by atoms with Crippen LogP contribution >= 0.6 is 0 Å². The number of benzene rings is 1. The highest BCUT2D eigenvalue weighted by Gasteiger charge is 2.24. The number of aromatic nitrogens is 4. The largest absolute Gasteiger partial charge is 0.481 e. The van der Waals surface area contributed by atoms with E-state index >= 15 is 0 Å². The highest BCUT2D eigenvalue weighted by atomic mass is 19.1. The summed E-state index contributed by atoms with van der Waals surface area (Å²) in [6.45, 7) is 1.92. The number of carbonyl (C=O) groups excluding carboxylic acids is 1. The summed E-state index contributed by atoms with van der Waals surface area (Å²) in [7, 11) is 0. The standard InChI is InChI=1S/C15H18FN5O3/c1-10-18-19-20-21(10)13(9-11-4-6-12(16)7-5-11)15(24)17-8-2-3-14(22)23/h4-7,13H,2-3,8-9H2,1H3,(H,17,24)(H,22,23). The van der Waals surface area contributed by atoms with Gasteiger partial charge in [0.25, 0.3) is 0 Å². The first-order valence-electron chi connectivity index (χ1n) is 7.46. The Morgan fingerprint density at radius 1 is 1.33 bits per heavy atom. The number of aliphatic carboxylic acids is 1. The molecule has 1 heterocycles. The van der Waals surface area contributed by atoms with Crippen molar-refractivity contribution in [2.45, 2.75) is 32.2 Å². The lowest BCUT2D eigenvalue weighted by molar-refractivity contribution is -0.137. The van der Waals surface area contributed by atoms with E-state index in [9.17, 15) is 14.0 Å². The summed E-state index contributed by atoms with van der Waals surface area (Å²) in [4.78, 5) is 23.0. The van der Waals surface area contributed by atoms with Gasteiger partial charge in [-0.3, -0.25) is 9.59 Å². The summed E-state index contributed by atoms with van der Waals surface area (Å²) in [5.74, 6) is -1.11. The lowest BCUT2D eigenvalue weighted by Crippen LogP contribution is -2.35. The average molecular weight is 335 g/mol. The maximum Gasteiger partial charge on any atom is 0.303 e. The van der Waals surface area contributed by atoms with Crippen LogP contribution in [0.25, 0.3) is 0 Å². The van der Waals surface area contributed by atoms with Crippen molar-refractivity contribution in [3.63, 3.8) is 0 Å². The zero-order chi connectivity index (χ0) is 17.5. The zero-order valence-corrected chi connectivity index (χ0v) is 13.1. The molecule has 1 aromatic heterocycles. The van der Waals surface area contributed by atoms with Crippen LogP contribution in [0.4, 0.5) is 4.39 Å². The molecule has 0 aliphatic carbocycles. The lowest BCUT2D eigenvalue weighted by atomic mass is 10.1. The molecule has 1 unspecified atom stereocenters. The molecule has 8 nitrogen and oxygen atoms in total. The first-order chi connectivity index (χ1) is 11.5. The molecule has 0 spiro atoms. The fourth-order valence-electron chi connectivity index (χ4n) is 2.23. The summed E-state index contributed by atoms with van der Waals surface area (Å²) in [6.07, 6.45) is 0.600. The number of tetrazole rings is 1. The summed E-state index contributed by atoms with van der Waals surface area (Å²) >= 11 is 0. The van der Waals surface area contributed by atoms with Crippen molar-refractivity contribution in [1.29, 1.82) is 0 Å². The smallest absolute Gasteiger partial charge is 0.303 e. The van der Waals surface area contributed by atoms with Gasteiger partial charge in [0, 0.05) is 19.4 Å². The van der Waals surface area contributed by atoms with Crippen LogP contribution in [0.15, 0.2) is 24.3 Å². The number of hydrogen-bond acceptors (Lipinski definition) is 5. The minimum atomic E-state index is -0.913. The highest BCUT2D eigenvalue weighted by Crippen LogP contribution is 2.15. The van der Waals surface area contributed by atoms with E-state index in [4.69, 9.17) is 5.11 Å². The van der Waals surface area contributed by atoms with E-state index in [1.807, 2.05) is 0 Å². The number of amides is 1. The lowest BCUT2D eigenvalue weighted by Gasteiger charge is -2.17. The van der Waals surface area contributed by atoms with Gasteiger partial charge < -0.3 is 10.4 Å². The maximum absolute atomic E-state index is 13.0. The van der Waals surface area contributed by atoms with Crippen LogP contribution < -0.4 is 5.32 Å². The Morgan fingerprint density at radius 2 is 2.04 bits per heavy atom. The number of nitrogens with one attached hydrogen (secondary N) is 1. The second-order valence-corrected chi connectivity index (χ2v) is 5.31. The third kappa shape index (κ3) is 4.83. The van der Waals surface area contributed by atoms with Gasteiger partial charge in [-0.1, -0.05) is 12.1 Å². The predicted molar refractivity (Wildman–Crippen MR) is 81.6 cm³/mol. The Labute approximate surface area is 137 Å². The normalized spacial score (nSPS) is 11.9. The minimum Gasteiger partial charge on any atom is -0.481 e. The number of aryl methyl sites for hydroxylation is 1. The Kier molecular flexibility index (Phi) is 5.94. The molecule has 1 amide bonds. The van der Waals surface area contributed by atoms with Crippen molar-refractivity contribution >= 4 is 11.9 Å². The second kappa shape index (κ2) is 8.14. The third-order valence-corrected chi connectivity index (χ3v) is 3.46. The summed E-state index contributed by atoms with van der Waals surface area (Å²) < 4.78 is 14.4. The van der Waals surface area contributed by atoms with E-state index in [2.05, 4.69) is 20.8 Å². The van der Waals surface area contributed by atoms with Gasteiger partial charge in [0.05, 0.1) is 0 Å². The topological polar surface area (TPSA) is 110 Å². The molecular formula is C15H18FN5O3. The predicted octanol–water partition coefficient (Wildman–Crippen LogP) is 0.885. The van der Waals surface area contributed by atoms with Crippen LogP contribution in [0.3, 0.4) is 0 Å². The molecule has 24 heavy (non-hydrogen) atoms. The summed E-state index contributed by atoms with van der Waals surface area (Å²) in [5, 5.41) is 22.5. The van der Waals surface area contributed by atoms with Crippen molar-refractivity contribution in [3.8, 4) is 0 Å². The molecule has 0 saturated heterocycles. The first kappa shape index (κ1) is 17.5. The van der Waals surface area contributed by atoms with Crippen LogP contribution in [0.2, 0.25) is 0 Å². The number of hydrogen-bond donors (Lipinski definition) is 2. The van der Waals surface area contributed by atoms with E-state index in [0.29, 0.717) is 12.2 Å². The fourth-order valence-corrected chi connectivity index (χ4v) is 2.23.